The summed E-state index contributed by atoms with van der Waals surface area (Å²) in [5.74, 6) is 0.575. The van der Waals surface area contributed by atoms with Crippen LogP contribution in [0.1, 0.15) is 18.0 Å². The first-order chi connectivity index (χ1) is 12.3. The second kappa shape index (κ2) is 6.69. The molecule has 1 atom stereocenters. The van der Waals surface area contributed by atoms with Crippen LogP contribution in [0.4, 0.5) is 0 Å². The van der Waals surface area contributed by atoms with Crippen molar-refractivity contribution in [3.05, 3.63) is 85.0 Å². The molecule has 4 nitrogen and oxygen atoms in total. The van der Waals surface area contributed by atoms with Crippen LogP contribution in [-0.2, 0) is 0 Å². The van der Waals surface area contributed by atoms with Gasteiger partial charge in [0, 0.05) is 35.9 Å². The first kappa shape index (κ1) is 15.3. The minimum absolute atomic E-state index is 0.0389. The molecule has 0 amide bonds. The zero-order valence-electron chi connectivity index (χ0n) is 13.7. The molecule has 0 radical (unpaired) electrons. The number of rotatable bonds is 3. The average molecular weight is 326 g/mol. The van der Waals surface area contributed by atoms with E-state index in [0.717, 1.165) is 34.2 Å². The lowest BCUT2D eigenvalue weighted by molar-refractivity contribution is 0.735. The number of aromatic nitrogens is 2. The van der Waals surface area contributed by atoms with Crippen molar-refractivity contribution in [3.8, 4) is 22.3 Å². The fraction of sp³-hybridized carbons (Fsp3) is 0.0952. The van der Waals surface area contributed by atoms with Crippen LogP contribution in [0.2, 0.25) is 0 Å². The Kier molecular flexibility index (Phi) is 4.09. The standard InChI is InChI=1S/C21H18N4/c22-21-7-1-6-20(25-21)19-11-17(15-4-2-8-23-13-15)10-18(12-19)16-5-3-9-24-14-16/h1-5,7-14,20H,6H2,(H2,22,25). The first-order valence-corrected chi connectivity index (χ1v) is 8.25. The van der Waals surface area contributed by atoms with Crippen LogP contribution >= 0.6 is 0 Å². The van der Waals surface area contributed by atoms with E-state index in [1.807, 2.05) is 30.6 Å². The topological polar surface area (TPSA) is 64.2 Å². The second-order valence-corrected chi connectivity index (χ2v) is 6.03. The van der Waals surface area contributed by atoms with E-state index in [9.17, 15) is 0 Å². The molecule has 2 N–H and O–H groups in total. The molecule has 1 aliphatic rings. The van der Waals surface area contributed by atoms with Crippen LogP contribution in [0, 0.1) is 0 Å². The molecule has 4 rings (SSSR count). The van der Waals surface area contributed by atoms with E-state index in [0.29, 0.717) is 5.84 Å². The van der Waals surface area contributed by atoms with Crippen LogP contribution in [-0.4, -0.2) is 15.8 Å². The maximum absolute atomic E-state index is 5.90. The van der Waals surface area contributed by atoms with E-state index in [2.05, 4.69) is 51.4 Å². The number of pyridine rings is 2. The summed E-state index contributed by atoms with van der Waals surface area (Å²) in [5, 5.41) is 0. The van der Waals surface area contributed by atoms with Crippen molar-refractivity contribution in [2.24, 2.45) is 10.7 Å². The Morgan fingerprint density at radius 3 is 2.00 bits per heavy atom. The highest BCUT2D eigenvalue weighted by molar-refractivity contribution is 5.92. The fourth-order valence-electron chi connectivity index (χ4n) is 3.05. The lowest BCUT2D eigenvalue weighted by atomic mass is 9.93. The van der Waals surface area contributed by atoms with Gasteiger partial charge in [0.1, 0.15) is 5.84 Å². The summed E-state index contributed by atoms with van der Waals surface area (Å²) < 4.78 is 0. The number of amidine groups is 1. The summed E-state index contributed by atoms with van der Waals surface area (Å²) in [6.07, 6.45) is 12.1. The number of benzene rings is 1. The van der Waals surface area contributed by atoms with Gasteiger partial charge in [0.25, 0.3) is 0 Å². The maximum Gasteiger partial charge on any atom is 0.118 e. The number of hydrogen-bond acceptors (Lipinski definition) is 4. The first-order valence-electron chi connectivity index (χ1n) is 8.25. The molecule has 0 spiro atoms. The molecule has 0 saturated carbocycles. The third-order valence-electron chi connectivity index (χ3n) is 4.28. The molecule has 122 valence electrons. The third kappa shape index (κ3) is 3.33. The summed E-state index contributed by atoms with van der Waals surface area (Å²) in [5.41, 5.74) is 11.4. The van der Waals surface area contributed by atoms with Crippen LogP contribution in [0.5, 0.6) is 0 Å². The van der Waals surface area contributed by atoms with Gasteiger partial charge in [-0.2, -0.15) is 0 Å². The van der Waals surface area contributed by atoms with E-state index >= 15 is 0 Å². The fourth-order valence-corrected chi connectivity index (χ4v) is 3.05. The second-order valence-electron chi connectivity index (χ2n) is 6.03. The van der Waals surface area contributed by atoms with Crippen molar-refractivity contribution >= 4 is 5.84 Å². The number of aliphatic imine (C=N–C) groups is 1. The Labute approximate surface area is 146 Å². The Balaban J connectivity index is 1.85. The van der Waals surface area contributed by atoms with Crippen LogP contribution in [0.25, 0.3) is 22.3 Å². The zero-order chi connectivity index (χ0) is 17.1. The van der Waals surface area contributed by atoms with Gasteiger partial charge in [0.15, 0.2) is 0 Å². The zero-order valence-corrected chi connectivity index (χ0v) is 13.7. The molecule has 4 heteroatoms. The minimum Gasteiger partial charge on any atom is -0.384 e. The van der Waals surface area contributed by atoms with Gasteiger partial charge in [-0.25, -0.2) is 0 Å². The van der Waals surface area contributed by atoms with Gasteiger partial charge in [-0.15, -0.1) is 0 Å². The van der Waals surface area contributed by atoms with Gasteiger partial charge in [0.2, 0.25) is 0 Å². The molecule has 2 aromatic heterocycles. The quantitative estimate of drug-likeness (QED) is 0.785. The van der Waals surface area contributed by atoms with Crippen LogP contribution in [0.3, 0.4) is 0 Å². The van der Waals surface area contributed by atoms with Crippen molar-refractivity contribution < 1.29 is 0 Å². The Morgan fingerprint density at radius 2 is 1.48 bits per heavy atom. The molecule has 1 unspecified atom stereocenters. The number of dihydropyridines is 1. The predicted molar refractivity (Wildman–Crippen MR) is 101 cm³/mol. The smallest absolute Gasteiger partial charge is 0.118 e. The molecular weight excluding hydrogens is 308 g/mol. The van der Waals surface area contributed by atoms with Crippen molar-refractivity contribution in [1.29, 1.82) is 0 Å². The summed E-state index contributed by atoms with van der Waals surface area (Å²) in [6, 6.07) is 14.6. The average Bonchev–Trinajstić information content (AvgIpc) is 2.69. The summed E-state index contributed by atoms with van der Waals surface area (Å²) >= 11 is 0. The van der Waals surface area contributed by atoms with Crippen molar-refractivity contribution in [1.82, 2.24) is 9.97 Å². The Morgan fingerprint density at radius 1 is 0.840 bits per heavy atom. The molecular formula is C21H18N4. The van der Waals surface area contributed by atoms with E-state index in [1.165, 1.54) is 0 Å². The predicted octanol–water partition coefficient (Wildman–Crippen LogP) is 4.17. The van der Waals surface area contributed by atoms with Gasteiger partial charge in [0.05, 0.1) is 6.04 Å². The molecule has 0 fully saturated rings. The Hall–Kier alpha value is -3.27. The molecule has 0 bridgehead atoms. The SMILES string of the molecule is NC1=NC(c2cc(-c3cccnc3)cc(-c3cccnc3)c2)CC=C1. The van der Waals surface area contributed by atoms with Crippen molar-refractivity contribution in [2.45, 2.75) is 12.5 Å². The van der Waals surface area contributed by atoms with Crippen LogP contribution in [0.15, 0.2) is 84.4 Å². The van der Waals surface area contributed by atoms with Crippen molar-refractivity contribution in [2.75, 3.05) is 0 Å². The monoisotopic (exact) mass is 326 g/mol. The van der Waals surface area contributed by atoms with E-state index in [-0.39, 0.29) is 6.04 Å². The molecule has 3 heterocycles. The van der Waals surface area contributed by atoms with Gasteiger partial charge in [-0.1, -0.05) is 18.2 Å². The van der Waals surface area contributed by atoms with Gasteiger partial charge < -0.3 is 5.73 Å². The molecule has 0 saturated heterocycles. The van der Waals surface area contributed by atoms with E-state index in [4.69, 9.17) is 5.73 Å². The van der Waals surface area contributed by atoms with Gasteiger partial charge in [-0.05, 0) is 59.5 Å². The molecule has 0 aliphatic carbocycles. The minimum atomic E-state index is 0.0389. The summed E-state index contributed by atoms with van der Waals surface area (Å²) in [6.45, 7) is 0. The third-order valence-corrected chi connectivity index (χ3v) is 4.28. The van der Waals surface area contributed by atoms with Crippen molar-refractivity contribution in [3.63, 3.8) is 0 Å². The normalized spacial score (nSPS) is 16.5. The van der Waals surface area contributed by atoms with Gasteiger partial charge >= 0.3 is 0 Å². The molecule has 3 aromatic rings. The summed E-state index contributed by atoms with van der Waals surface area (Å²) in [4.78, 5) is 13.1. The number of nitrogens with two attached hydrogens (primary N) is 1. The lowest BCUT2D eigenvalue weighted by Crippen LogP contribution is -2.13. The molecule has 1 aliphatic heterocycles. The van der Waals surface area contributed by atoms with E-state index in [1.54, 1.807) is 12.4 Å². The summed E-state index contributed by atoms with van der Waals surface area (Å²) in [7, 11) is 0. The Bertz CT molecular complexity index is 873. The highest BCUT2D eigenvalue weighted by atomic mass is 14.9. The number of nitrogens with zero attached hydrogens (tertiary/aromatic N) is 3. The molecule has 25 heavy (non-hydrogen) atoms. The largest absolute Gasteiger partial charge is 0.384 e. The highest BCUT2D eigenvalue weighted by Crippen LogP contribution is 2.33. The van der Waals surface area contributed by atoms with Gasteiger partial charge in [-0.3, -0.25) is 15.0 Å². The van der Waals surface area contributed by atoms with E-state index < -0.39 is 0 Å². The van der Waals surface area contributed by atoms with Crippen LogP contribution < -0.4 is 5.73 Å². The number of hydrogen-bond donors (Lipinski definition) is 1. The molecule has 1 aromatic carbocycles. The maximum atomic E-state index is 5.90. The lowest BCUT2D eigenvalue weighted by Gasteiger charge is -2.18. The highest BCUT2D eigenvalue weighted by Gasteiger charge is 2.15.